The maximum atomic E-state index is 12.7. The third-order valence-electron chi connectivity index (χ3n) is 4.23. The number of halogens is 3. The minimum absolute atomic E-state index is 0.0335. The number of aromatic nitrogens is 1. The number of nitrogens with two attached hydrogens (primary N) is 2. The van der Waals surface area contributed by atoms with E-state index in [2.05, 4.69) is 20.6 Å². The van der Waals surface area contributed by atoms with E-state index in [0.29, 0.717) is 23.0 Å². The van der Waals surface area contributed by atoms with E-state index in [0.717, 1.165) is 43.4 Å². The molecule has 3 heterocycles. The molecule has 1 amide bonds. The van der Waals surface area contributed by atoms with Crippen LogP contribution in [0.4, 0.5) is 13.2 Å². The lowest BCUT2D eigenvalue weighted by Crippen LogP contribution is -2.36. The molecule has 0 aromatic carbocycles. The molecular formula is C17H19F3N6OS. The largest absolute Gasteiger partial charge is 0.417 e. The third kappa shape index (κ3) is 4.65. The smallest absolute Gasteiger partial charge is 0.383 e. The summed E-state index contributed by atoms with van der Waals surface area (Å²) in [6.45, 7) is 1.59. The standard InChI is InChI=1S/C17H19F3N6OS/c18-17(19,20)9-3-4-11(24-6-9)12-8-28-16(26-12)13(15(22)27)14(21)25-10-2-1-5-23-7-10/h3-4,6,8,10,23,26H,1-2,5,7H2,(H2,21,25)(H2,22,27)/t10-/m1/s1. The van der Waals surface area contributed by atoms with E-state index in [-0.39, 0.29) is 17.5 Å². The highest BCUT2D eigenvalue weighted by Crippen LogP contribution is 2.33. The first-order valence-corrected chi connectivity index (χ1v) is 9.39. The fourth-order valence-corrected chi connectivity index (χ4v) is 3.73. The number of pyridine rings is 1. The Morgan fingerprint density at radius 1 is 1.32 bits per heavy atom. The van der Waals surface area contributed by atoms with Crippen molar-refractivity contribution in [3.8, 4) is 0 Å². The average molecular weight is 412 g/mol. The van der Waals surface area contributed by atoms with Gasteiger partial charge in [0, 0.05) is 18.1 Å². The van der Waals surface area contributed by atoms with Crippen molar-refractivity contribution in [3.05, 3.63) is 45.6 Å². The number of hydrogen-bond donors (Lipinski definition) is 4. The first-order valence-electron chi connectivity index (χ1n) is 8.51. The van der Waals surface area contributed by atoms with Gasteiger partial charge in [0.15, 0.2) is 0 Å². The van der Waals surface area contributed by atoms with E-state index >= 15 is 0 Å². The molecule has 0 unspecified atom stereocenters. The number of carbonyl (C=O) groups excluding carboxylic acids is 1. The molecule has 0 bridgehead atoms. The number of hydrogen-bond acceptors (Lipinski definition) is 6. The first kappa shape index (κ1) is 20.2. The Morgan fingerprint density at radius 2 is 2.11 bits per heavy atom. The number of carbonyl (C=O) groups is 1. The molecular weight excluding hydrogens is 393 g/mol. The maximum absolute atomic E-state index is 12.7. The number of rotatable bonds is 4. The average Bonchev–Trinajstić information content (AvgIpc) is 3.11. The number of amidine groups is 1. The van der Waals surface area contributed by atoms with E-state index in [1.54, 1.807) is 5.41 Å². The van der Waals surface area contributed by atoms with E-state index in [1.807, 2.05) is 0 Å². The summed E-state index contributed by atoms with van der Waals surface area (Å²) in [5.74, 6) is -0.707. The van der Waals surface area contributed by atoms with Gasteiger partial charge in [0.25, 0.3) is 5.91 Å². The topological polar surface area (TPSA) is 118 Å². The van der Waals surface area contributed by atoms with Gasteiger partial charge in [-0.2, -0.15) is 13.2 Å². The molecule has 7 nitrogen and oxygen atoms in total. The quantitative estimate of drug-likeness (QED) is 0.339. The Kier molecular flexibility index (Phi) is 5.94. The second-order valence-corrected chi connectivity index (χ2v) is 7.17. The van der Waals surface area contributed by atoms with Crippen LogP contribution in [0, 0.1) is 0 Å². The Hall–Kier alpha value is -2.53. The lowest BCUT2D eigenvalue weighted by atomic mass is 10.1. The zero-order valence-corrected chi connectivity index (χ0v) is 15.5. The minimum atomic E-state index is -4.46. The minimum Gasteiger partial charge on any atom is -0.383 e. The summed E-state index contributed by atoms with van der Waals surface area (Å²) in [6.07, 6.45) is -1.89. The predicted molar refractivity (Wildman–Crippen MR) is 102 cm³/mol. The van der Waals surface area contributed by atoms with Crippen LogP contribution in [0.1, 0.15) is 24.1 Å². The summed E-state index contributed by atoms with van der Waals surface area (Å²) >= 11 is 1.15. The monoisotopic (exact) mass is 412 g/mol. The van der Waals surface area contributed by atoms with Crippen LogP contribution in [0.15, 0.2) is 39.3 Å². The summed E-state index contributed by atoms with van der Waals surface area (Å²) in [7, 11) is 0. The molecule has 0 saturated carbocycles. The van der Waals surface area contributed by atoms with Gasteiger partial charge in [-0.3, -0.25) is 14.8 Å². The van der Waals surface area contributed by atoms with Crippen LogP contribution in [0.2, 0.25) is 0 Å². The number of thioether (sulfide) groups is 1. The van der Waals surface area contributed by atoms with Crippen molar-refractivity contribution in [1.29, 1.82) is 0 Å². The van der Waals surface area contributed by atoms with Crippen molar-refractivity contribution in [2.24, 2.45) is 16.5 Å². The Labute approximate surface area is 163 Å². The van der Waals surface area contributed by atoms with Crippen LogP contribution >= 0.6 is 11.8 Å². The summed E-state index contributed by atoms with van der Waals surface area (Å²) in [4.78, 5) is 20.2. The zero-order chi connectivity index (χ0) is 20.3. The summed E-state index contributed by atoms with van der Waals surface area (Å²) < 4.78 is 38.0. The van der Waals surface area contributed by atoms with E-state index in [4.69, 9.17) is 11.5 Å². The number of nitrogens with zero attached hydrogens (tertiary/aromatic N) is 2. The van der Waals surface area contributed by atoms with Gasteiger partial charge in [-0.1, -0.05) is 11.8 Å². The normalized spacial score (nSPS) is 22.5. The second kappa shape index (κ2) is 8.23. The molecule has 1 aromatic heterocycles. The second-order valence-electron chi connectivity index (χ2n) is 6.29. The Morgan fingerprint density at radius 3 is 2.68 bits per heavy atom. The fraction of sp³-hybridized carbons (Fsp3) is 0.353. The van der Waals surface area contributed by atoms with Gasteiger partial charge in [0.2, 0.25) is 0 Å². The van der Waals surface area contributed by atoms with E-state index < -0.39 is 17.6 Å². The molecule has 1 fully saturated rings. The zero-order valence-electron chi connectivity index (χ0n) is 14.7. The van der Waals surface area contributed by atoms with Crippen LogP contribution in [0.5, 0.6) is 0 Å². The molecule has 150 valence electrons. The number of primary amides is 1. The van der Waals surface area contributed by atoms with Crippen LogP contribution in [-0.2, 0) is 11.0 Å². The fourth-order valence-electron chi connectivity index (χ4n) is 2.83. The Balaban J connectivity index is 1.80. The van der Waals surface area contributed by atoms with Crippen LogP contribution in [0.25, 0.3) is 5.70 Å². The Bertz CT molecular complexity index is 841. The molecule has 0 radical (unpaired) electrons. The van der Waals surface area contributed by atoms with Crippen LogP contribution < -0.4 is 22.1 Å². The van der Waals surface area contributed by atoms with Gasteiger partial charge in [0.05, 0.1) is 28.0 Å². The molecule has 0 spiro atoms. The number of piperidine rings is 1. The lowest BCUT2D eigenvalue weighted by Gasteiger charge is -2.20. The highest BCUT2D eigenvalue weighted by Gasteiger charge is 2.31. The van der Waals surface area contributed by atoms with Gasteiger partial charge in [-0.05, 0) is 31.5 Å². The van der Waals surface area contributed by atoms with Gasteiger partial charge in [0.1, 0.15) is 11.4 Å². The van der Waals surface area contributed by atoms with Crippen molar-refractivity contribution in [2.75, 3.05) is 13.1 Å². The molecule has 2 aliphatic rings. The number of aliphatic imine (C=N–C) groups is 1. The highest BCUT2D eigenvalue weighted by molar-refractivity contribution is 8.06. The third-order valence-corrected chi connectivity index (χ3v) is 5.13. The molecule has 1 saturated heterocycles. The van der Waals surface area contributed by atoms with Crippen molar-refractivity contribution >= 4 is 29.2 Å². The highest BCUT2D eigenvalue weighted by atomic mass is 32.2. The van der Waals surface area contributed by atoms with Crippen molar-refractivity contribution in [1.82, 2.24) is 15.6 Å². The first-order chi connectivity index (χ1) is 13.3. The molecule has 3 rings (SSSR count). The van der Waals surface area contributed by atoms with Crippen molar-refractivity contribution < 1.29 is 18.0 Å². The molecule has 28 heavy (non-hydrogen) atoms. The number of nitrogens with one attached hydrogen (secondary N) is 2. The molecule has 2 aliphatic heterocycles. The van der Waals surface area contributed by atoms with Crippen LogP contribution in [-0.4, -0.2) is 35.9 Å². The van der Waals surface area contributed by atoms with Gasteiger partial charge >= 0.3 is 6.18 Å². The number of amides is 1. The van der Waals surface area contributed by atoms with E-state index in [9.17, 15) is 18.0 Å². The lowest BCUT2D eigenvalue weighted by molar-refractivity contribution is -0.137. The van der Waals surface area contributed by atoms with Crippen LogP contribution in [0.3, 0.4) is 0 Å². The SMILES string of the molecule is NC(=O)C(C(N)=N[C@@H]1CCCNC1)=C1NC(c2ccc(C(F)(F)F)cn2)=CS1. The molecule has 1 atom stereocenters. The summed E-state index contributed by atoms with van der Waals surface area (Å²) in [6, 6.07) is 2.15. The summed E-state index contributed by atoms with van der Waals surface area (Å²) in [5.41, 5.74) is 11.5. The van der Waals surface area contributed by atoms with E-state index in [1.165, 1.54) is 6.07 Å². The molecule has 1 aromatic rings. The van der Waals surface area contributed by atoms with Gasteiger partial charge in [-0.25, -0.2) is 0 Å². The molecule has 0 aliphatic carbocycles. The molecule has 6 N–H and O–H groups in total. The van der Waals surface area contributed by atoms with Crippen molar-refractivity contribution in [3.63, 3.8) is 0 Å². The number of alkyl halides is 3. The predicted octanol–water partition coefficient (Wildman–Crippen LogP) is 1.54. The summed E-state index contributed by atoms with van der Waals surface area (Å²) in [5, 5.41) is 8.15. The van der Waals surface area contributed by atoms with Crippen molar-refractivity contribution in [2.45, 2.75) is 25.1 Å². The maximum Gasteiger partial charge on any atom is 0.417 e. The molecule has 11 heteroatoms. The van der Waals surface area contributed by atoms with Gasteiger partial charge < -0.3 is 22.1 Å². The van der Waals surface area contributed by atoms with Gasteiger partial charge in [-0.15, -0.1) is 0 Å².